The maximum atomic E-state index is 12.0. The van der Waals surface area contributed by atoms with Crippen LogP contribution in [-0.4, -0.2) is 29.8 Å². The number of nitrogens with zero attached hydrogens (tertiary/aromatic N) is 1. The molecule has 0 aromatic carbocycles. The minimum Gasteiger partial charge on any atom is -0.345 e. The first kappa shape index (κ1) is 12.8. The van der Waals surface area contributed by atoms with E-state index in [0.717, 1.165) is 25.8 Å². The molecule has 88 valence electrons. The molecule has 1 aliphatic rings. The fourth-order valence-corrected chi connectivity index (χ4v) is 2.24. The van der Waals surface area contributed by atoms with Crippen LogP contribution in [0.4, 0.5) is 0 Å². The van der Waals surface area contributed by atoms with E-state index in [1.165, 1.54) is 19.3 Å². The van der Waals surface area contributed by atoms with Crippen molar-refractivity contribution in [3.63, 3.8) is 0 Å². The van der Waals surface area contributed by atoms with E-state index in [4.69, 9.17) is 11.6 Å². The van der Waals surface area contributed by atoms with Gasteiger partial charge in [-0.15, -0.1) is 11.6 Å². The molecule has 0 aliphatic heterocycles. The highest BCUT2D eigenvalue weighted by atomic mass is 35.5. The van der Waals surface area contributed by atoms with Crippen molar-refractivity contribution in [1.29, 1.82) is 0 Å². The summed E-state index contributed by atoms with van der Waals surface area (Å²) >= 11 is 5.87. The topological polar surface area (TPSA) is 20.3 Å². The van der Waals surface area contributed by atoms with Gasteiger partial charge in [0, 0.05) is 24.9 Å². The summed E-state index contributed by atoms with van der Waals surface area (Å²) < 4.78 is 0. The Morgan fingerprint density at radius 2 is 2.00 bits per heavy atom. The number of rotatable bonds is 4. The van der Waals surface area contributed by atoms with Gasteiger partial charge in [-0.2, -0.15) is 0 Å². The van der Waals surface area contributed by atoms with E-state index < -0.39 is 0 Å². The van der Waals surface area contributed by atoms with Gasteiger partial charge in [-0.1, -0.05) is 19.3 Å². The number of amides is 1. The van der Waals surface area contributed by atoms with Crippen LogP contribution in [0.15, 0.2) is 0 Å². The lowest BCUT2D eigenvalue weighted by Crippen LogP contribution is -2.35. The number of halogens is 1. The van der Waals surface area contributed by atoms with Crippen LogP contribution in [-0.2, 0) is 4.79 Å². The first-order valence-electron chi connectivity index (χ1n) is 6.00. The average molecular weight is 232 g/mol. The van der Waals surface area contributed by atoms with Gasteiger partial charge in [0.2, 0.25) is 5.91 Å². The summed E-state index contributed by atoms with van der Waals surface area (Å²) in [4.78, 5) is 13.8. The van der Waals surface area contributed by atoms with Crippen LogP contribution in [0.2, 0.25) is 0 Å². The standard InChI is InChI=1S/C12H22ClNO/c1-10(13)8-9-14(2)12(15)11-6-4-3-5-7-11/h10-11H,3-9H2,1-2H3. The summed E-state index contributed by atoms with van der Waals surface area (Å²) in [6.07, 6.45) is 6.79. The third-order valence-corrected chi connectivity index (χ3v) is 3.41. The molecule has 2 nitrogen and oxygen atoms in total. The molecule has 3 heteroatoms. The molecule has 1 aliphatic carbocycles. The monoisotopic (exact) mass is 231 g/mol. The van der Waals surface area contributed by atoms with Crippen molar-refractivity contribution in [2.24, 2.45) is 5.92 Å². The Bertz CT molecular complexity index is 200. The molecule has 0 heterocycles. The summed E-state index contributed by atoms with van der Waals surface area (Å²) in [5.74, 6) is 0.612. The maximum Gasteiger partial charge on any atom is 0.225 e. The third kappa shape index (κ3) is 4.42. The molecule has 0 aromatic heterocycles. The molecule has 1 amide bonds. The van der Waals surface area contributed by atoms with Crippen LogP contribution in [0.25, 0.3) is 0 Å². The van der Waals surface area contributed by atoms with Crippen LogP contribution in [0.5, 0.6) is 0 Å². The van der Waals surface area contributed by atoms with E-state index in [-0.39, 0.29) is 11.3 Å². The second-order valence-corrected chi connectivity index (χ2v) is 5.41. The fraction of sp³-hybridized carbons (Fsp3) is 0.917. The summed E-state index contributed by atoms with van der Waals surface area (Å²) in [5.41, 5.74) is 0. The maximum absolute atomic E-state index is 12.0. The van der Waals surface area contributed by atoms with Crippen molar-refractivity contribution in [2.75, 3.05) is 13.6 Å². The van der Waals surface area contributed by atoms with Crippen molar-refractivity contribution in [1.82, 2.24) is 4.90 Å². The minimum absolute atomic E-state index is 0.159. The number of hydrogen-bond acceptors (Lipinski definition) is 1. The fourth-order valence-electron chi connectivity index (χ4n) is 2.14. The first-order chi connectivity index (χ1) is 7.11. The van der Waals surface area contributed by atoms with Crippen LogP contribution in [0.1, 0.15) is 45.4 Å². The average Bonchev–Trinajstić information content (AvgIpc) is 2.26. The smallest absolute Gasteiger partial charge is 0.225 e. The van der Waals surface area contributed by atoms with Gasteiger partial charge < -0.3 is 4.90 Å². The highest BCUT2D eigenvalue weighted by Crippen LogP contribution is 2.25. The largest absolute Gasteiger partial charge is 0.345 e. The Balaban J connectivity index is 2.30. The minimum atomic E-state index is 0.159. The zero-order chi connectivity index (χ0) is 11.3. The number of alkyl halides is 1. The lowest BCUT2D eigenvalue weighted by molar-refractivity contribution is -0.135. The quantitative estimate of drug-likeness (QED) is 0.681. The summed E-state index contributed by atoms with van der Waals surface area (Å²) in [5, 5.41) is 0.159. The van der Waals surface area contributed by atoms with Crippen molar-refractivity contribution >= 4 is 17.5 Å². The summed E-state index contributed by atoms with van der Waals surface area (Å²) in [7, 11) is 1.90. The Morgan fingerprint density at radius 3 is 2.53 bits per heavy atom. The molecular formula is C12H22ClNO. The molecule has 1 rings (SSSR count). The zero-order valence-electron chi connectivity index (χ0n) is 9.84. The van der Waals surface area contributed by atoms with Gasteiger partial charge in [-0.05, 0) is 26.2 Å². The number of hydrogen-bond donors (Lipinski definition) is 0. The number of carbonyl (C=O) groups excluding carboxylic acids is 1. The van der Waals surface area contributed by atoms with Gasteiger partial charge in [0.1, 0.15) is 0 Å². The van der Waals surface area contributed by atoms with Gasteiger partial charge in [0.15, 0.2) is 0 Å². The number of carbonyl (C=O) groups is 1. The first-order valence-corrected chi connectivity index (χ1v) is 6.44. The van der Waals surface area contributed by atoms with Crippen LogP contribution >= 0.6 is 11.6 Å². The highest BCUT2D eigenvalue weighted by molar-refractivity contribution is 6.20. The van der Waals surface area contributed by atoms with E-state index in [2.05, 4.69) is 0 Å². The van der Waals surface area contributed by atoms with Gasteiger partial charge in [-0.25, -0.2) is 0 Å². The van der Waals surface area contributed by atoms with Crippen LogP contribution in [0.3, 0.4) is 0 Å². The summed E-state index contributed by atoms with van der Waals surface area (Å²) in [6, 6.07) is 0. The molecule has 1 atom stereocenters. The SMILES string of the molecule is CC(Cl)CCN(C)C(=O)C1CCCCC1. The van der Waals surface area contributed by atoms with Gasteiger partial charge in [-0.3, -0.25) is 4.79 Å². The lowest BCUT2D eigenvalue weighted by Gasteiger charge is -2.26. The molecule has 0 aromatic rings. The molecular weight excluding hydrogens is 210 g/mol. The van der Waals surface area contributed by atoms with Gasteiger partial charge in [0.05, 0.1) is 0 Å². The van der Waals surface area contributed by atoms with Crippen molar-refractivity contribution in [2.45, 2.75) is 50.8 Å². The molecule has 15 heavy (non-hydrogen) atoms. The predicted molar refractivity (Wildman–Crippen MR) is 64.1 cm³/mol. The Kier molecular flexibility index (Phi) is 5.44. The Morgan fingerprint density at radius 1 is 1.40 bits per heavy atom. The molecule has 1 saturated carbocycles. The summed E-state index contributed by atoms with van der Waals surface area (Å²) in [6.45, 7) is 2.76. The van der Waals surface area contributed by atoms with Crippen molar-refractivity contribution in [3.05, 3.63) is 0 Å². The lowest BCUT2D eigenvalue weighted by atomic mass is 9.88. The normalized spacial score (nSPS) is 19.9. The third-order valence-electron chi connectivity index (χ3n) is 3.19. The van der Waals surface area contributed by atoms with Crippen LogP contribution in [0, 0.1) is 5.92 Å². The molecule has 0 N–H and O–H groups in total. The van der Waals surface area contributed by atoms with Crippen LogP contribution < -0.4 is 0 Å². The van der Waals surface area contributed by atoms with E-state index in [1.807, 2.05) is 18.9 Å². The molecule has 1 fully saturated rings. The molecule has 0 saturated heterocycles. The van der Waals surface area contributed by atoms with E-state index in [0.29, 0.717) is 5.91 Å². The zero-order valence-corrected chi connectivity index (χ0v) is 10.6. The molecule has 0 bridgehead atoms. The predicted octanol–water partition coefficient (Wildman–Crippen LogP) is 3.04. The second kappa shape index (κ2) is 6.37. The molecule has 0 radical (unpaired) electrons. The van der Waals surface area contributed by atoms with E-state index in [9.17, 15) is 4.79 Å². The van der Waals surface area contributed by atoms with Crippen molar-refractivity contribution in [3.8, 4) is 0 Å². The molecule has 1 unspecified atom stereocenters. The second-order valence-electron chi connectivity index (χ2n) is 4.66. The Hall–Kier alpha value is -0.240. The highest BCUT2D eigenvalue weighted by Gasteiger charge is 2.23. The Labute approximate surface area is 98.0 Å². The van der Waals surface area contributed by atoms with Gasteiger partial charge >= 0.3 is 0 Å². The van der Waals surface area contributed by atoms with Crippen molar-refractivity contribution < 1.29 is 4.79 Å². The van der Waals surface area contributed by atoms with Gasteiger partial charge in [0.25, 0.3) is 0 Å². The van der Waals surface area contributed by atoms with E-state index in [1.54, 1.807) is 0 Å². The van der Waals surface area contributed by atoms with E-state index >= 15 is 0 Å². The molecule has 0 spiro atoms.